The van der Waals surface area contributed by atoms with Gasteiger partial charge in [0.15, 0.2) is 0 Å². The second-order valence-corrected chi connectivity index (χ2v) is 7.85. The molecule has 1 fully saturated rings. The van der Waals surface area contributed by atoms with Gasteiger partial charge in [0.05, 0.1) is 17.6 Å². The minimum atomic E-state index is -0.110. The first-order valence-electron chi connectivity index (χ1n) is 10.8. The van der Waals surface area contributed by atoms with E-state index in [1.165, 1.54) is 19.3 Å². The molecule has 4 rings (SSSR count). The number of aromatic nitrogens is 3. The van der Waals surface area contributed by atoms with Crippen LogP contribution in [0.5, 0.6) is 0 Å². The van der Waals surface area contributed by atoms with Gasteiger partial charge in [0.2, 0.25) is 0 Å². The second kappa shape index (κ2) is 9.15. The van der Waals surface area contributed by atoms with E-state index < -0.39 is 0 Å². The van der Waals surface area contributed by atoms with Crippen molar-refractivity contribution in [2.24, 2.45) is 0 Å². The van der Waals surface area contributed by atoms with Crippen molar-refractivity contribution < 1.29 is 4.79 Å². The first-order valence-corrected chi connectivity index (χ1v) is 10.8. The van der Waals surface area contributed by atoms with Gasteiger partial charge in [0.25, 0.3) is 0 Å². The fourth-order valence-electron chi connectivity index (χ4n) is 4.06. The molecular weight excluding hydrogens is 376 g/mol. The Hall–Kier alpha value is -3.09. The number of benzene rings is 1. The summed E-state index contributed by atoms with van der Waals surface area (Å²) in [6.07, 6.45) is 5.56. The van der Waals surface area contributed by atoms with Crippen LogP contribution in [0.2, 0.25) is 0 Å². The summed E-state index contributed by atoms with van der Waals surface area (Å²) < 4.78 is 2.16. The number of imidazole rings is 1. The van der Waals surface area contributed by atoms with Crippen LogP contribution in [0.15, 0.2) is 42.6 Å². The number of pyridine rings is 1. The summed E-state index contributed by atoms with van der Waals surface area (Å²) in [5, 5.41) is 3.02. The Bertz CT molecular complexity index is 1010. The Balaban J connectivity index is 1.37. The number of hydrogen-bond donors (Lipinski definition) is 1. The van der Waals surface area contributed by atoms with Crippen molar-refractivity contribution in [2.75, 3.05) is 25.0 Å². The van der Waals surface area contributed by atoms with Gasteiger partial charge in [-0.2, -0.15) is 0 Å². The third kappa shape index (κ3) is 4.40. The third-order valence-corrected chi connectivity index (χ3v) is 5.71. The van der Waals surface area contributed by atoms with Crippen LogP contribution in [-0.4, -0.2) is 45.6 Å². The van der Waals surface area contributed by atoms with Crippen LogP contribution in [0.1, 0.15) is 37.6 Å². The number of nitrogens with one attached hydrogen (secondary N) is 1. The molecule has 0 unspecified atom stereocenters. The lowest BCUT2D eigenvalue weighted by Gasteiger charge is -2.28. The monoisotopic (exact) mass is 406 g/mol. The fraction of sp³-hybridized carbons (Fsp3) is 0.435. The predicted molar refractivity (Wildman–Crippen MR) is 119 cm³/mol. The van der Waals surface area contributed by atoms with E-state index in [0.29, 0.717) is 13.1 Å². The van der Waals surface area contributed by atoms with E-state index in [1.807, 2.05) is 30.5 Å². The van der Waals surface area contributed by atoms with Crippen molar-refractivity contribution in [2.45, 2.75) is 45.8 Å². The summed E-state index contributed by atoms with van der Waals surface area (Å²) in [4.78, 5) is 25.9. The quantitative estimate of drug-likeness (QED) is 0.676. The smallest absolute Gasteiger partial charge is 0.317 e. The molecular formula is C23H30N6O. The van der Waals surface area contributed by atoms with Crippen LogP contribution in [0.3, 0.4) is 0 Å². The molecule has 1 N–H and O–H groups in total. The van der Waals surface area contributed by atoms with Crippen molar-refractivity contribution in [3.8, 4) is 0 Å². The highest BCUT2D eigenvalue weighted by Crippen LogP contribution is 2.19. The SMILES string of the molecule is CCn1c(CN(C)C(=O)NCc2ccnc(N3CCCCC3)c2)nc2ccccc21. The Morgan fingerprint density at radius 3 is 2.77 bits per heavy atom. The number of carbonyl (C=O) groups is 1. The van der Waals surface area contributed by atoms with Gasteiger partial charge in [-0.3, -0.25) is 0 Å². The van der Waals surface area contributed by atoms with Gasteiger partial charge < -0.3 is 19.7 Å². The summed E-state index contributed by atoms with van der Waals surface area (Å²) in [5.41, 5.74) is 3.13. The van der Waals surface area contributed by atoms with Crippen LogP contribution in [0.4, 0.5) is 10.6 Å². The van der Waals surface area contributed by atoms with Gasteiger partial charge in [-0.05, 0) is 56.0 Å². The van der Waals surface area contributed by atoms with Crippen molar-refractivity contribution in [3.63, 3.8) is 0 Å². The van der Waals surface area contributed by atoms with E-state index in [1.54, 1.807) is 11.9 Å². The van der Waals surface area contributed by atoms with Gasteiger partial charge in [-0.15, -0.1) is 0 Å². The molecule has 158 valence electrons. The maximum Gasteiger partial charge on any atom is 0.317 e. The van der Waals surface area contributed by atoms with Crippen LogP contribution in [-0.2, 0) is 19.6 Å². The molecule has 0 atom stereocenters. The number of fused-ring (bicyclic) bond motifs is 1. The van der Waals surface area contributed by atoms with Crippen LogP contribution in [0, 0.1) is 0 Å². The molecule has 2 amide bonds. The summed E-state index contributed by atoms with van der Waals surface area (Å²) in [7, 11) is 1.81. The standard InChI is InChI=1S/C23H30N6O/c1-3-29-20-10-6-5-9-19(20)26-22(29)17-27(2)23(30)25-16-18-11-12-24-21(15-18)28-13-7-4-8-14-28/h5-6,9-12,15H,3-4,7-8,13-14,16-17H2,1-2H3,(H,25,30). The Morgan fingerprint density at radius 2 is 1.97 bits per heavy atom. The van der Waals surface area contributed by atoms with E-state index in [9.17, 15) is 4.79 Å². The summed E-state index contributed by atoms with van der Waals surface area (Å²) in [6, 6.07) is 12.0. The molecule has 1 aliphatic heterocycles. The molecule has 0 radical (unpaired) electrons. The molecule has 0 saturated carbocycles. The van der Waals surface area contributed by atoms with Crippen molar-refractivity contribution >= 4 is 22.9 Å². The first kappa shape index (κ1) is 20.2. The lowest BCUT2D eigenvalue weighted by Crippen LogP contribution is -2.37. The Morgan fingerprint density at radius 1 is 1.17 bits per heavy atom. The molecule has 1 aromatic carbocycles. The lowest BCUT2D eigenvalue weighted by atomic mass is 10.1. The number of carbonyl (C=O) groups excluding carboxylic acids is 1. The number of rotatable bonds is 6. The molecule has 7 nitrogen and oxygen atoms in total. The fourth-order valence-corrected chi connectivity index (χ4v) is 4.06. The number of aryl methyl sites for hydroxylation is 1. The van der Waals surface area contributed by atoms with Crippen molar-refractivity contribution in [1.82, 2.24) is 24.8 Å². The molecule has 0 bridgehead atoms. The molecule has 7 heteroatoms. The van der Waals surface area contributed by atoms with Crippen LogP contribution >= 0.6 is 0 Å². The zero-order valence-electron chi connectivity index (χ0n) is 17.8. The van der Waals surface area contributed by atoms with Crippen molar-refractivity contribution in [3.05, 3.63) is 54.0 Å². The van der Waals surface area contributed by atoms with Gasteiger partial charge in [0, 0.05) is 39.4 Å². The zero-order valence-corrected chi connectivity index (χ0v) is 17.8. The summed E-state index contributed by atoms with van der Waals surface area (Å²) >= 11 is 0. The number of urea groups is 1. The number of para-hydroxylation sites is 2. The lowest BCUT2D eigenvalue weighted by molar-refractivity contribution is 0.205. The van der Waals surface area contributed by atoms with E-state index >= 15 is 0 Å². The number of piperidine rings is 1. The minimum Gasteiger partial charge on any atom is -0.357 e. The molecule has 3 heterocycles. The number of nitrogens with zero attached hydrogens (tertiary/aromatic N) is 5. The average molecular weight is 407 g/mol. The molecule has 1 aliphatic rings. The number of amides is 2. The normalized spacial score (nSPS) is 14.1. The van der Waals surface area contributed by atoms with Gasteiger partial charge >= 0.3 is 6.03 Å². The highest BCUT2D eigenvalue weighted by atomic mass is 16.2. The van der Waals surface area contributed by atoms with E-state index in [4.69, 9.17) is 4.98 Å². The first-order chi connectivity index (χ1) is 14.7. The zero-order chi connectivity index (χ0) is 20.9. The Labute approximate surface area is 177 Å². The minimum absolute atomic E-state index is 0.110. The van der Waals surface area contributed by atoms with Gasteiger partial charge in [0.1, 0.15) is 11.6 Å². The maximum atomic E-state index is 12.7. The largest absolute Gasteiger partial charge is 0.357 e. The molecule has 30 heavy (non-hydrogen) atoms. The van der Waals surface area contributed by atoms with E-state index in [0.717, 1.165) is 47.9 Å². The molecule has 3 aromatic rings. The topological polar surface area (TPSA) is 66.3 Å². The average Bonchev–Trinajstić information content (AvgIpc) is 3.15. The summed E-state index contributed by atoms with van der Waals surface area (Å²) in [6.45, 7) is 5.98. The highest BCUT2D eigenvalue weighted by molar-refractivity contribution is 5.76. The molecule has 0 aliphatic carbocycles. The highest BCUT2D eigenvalue weighted by Gasteiger charge is 2.16. The Kier molecular flexibility index (Phi) is 6.16. The van der Waals surface area contributed by atoms with E-state index in [2.05, 4.69) is 38.8 Å². The predicted octanol–water partition coefficient (Wildman–Crippen LogP) is 3.78. The van der Waals surface area contributed by atoms with Crippen LogP contribution < -0.4 is 10.2 Å². The third-order valence-electron chi connectivity index (χ3n) is 5.71. The number of hydrogen-bond acceptors (Lipinski definition) is 4. The maximum absolute atomic E-state index is 12.7. The molecule has 0 spiro atoms. The molecule has 1 saturated heterocycles. The van der Waals surface area contributed by atoms with E-state index in [-0.39, 0.29) is 6.03 Å². The summed E-state index contributed by atoms with van der Waals surface area (Å²) in [5.74, 6) is 1.90. The van der Waals surface area contributed by atoms with Crippen molar-refractivity contribution in [1.29, 1.82) is 0 Å². The molecule has 2 aromatic heterocycles. The second-order valence-electron chi connectivity index (χ2n) is 7.85. The van der Waals surface area contributed by atoms with Gasteiger partial charge in [-0.25, -0.2) is 14.8 Å². The number of anilines is 1. The van der Waals surface area contributed by atoms with Crippen LogP contribution in [0.25, 0.3) is 11.0 Å². The van der Waals surface area contributed by atoms with Gasteiger partial charge in [-0.1, -0.05) is 12.1 Å².